The minimum atomic E-state index is -1.91. The third-order valence-corrected chi connectivity index (χ3v) is 16.7. The lowest BCUT2D eigenvalue weighted by Crippen LogP contribution is -2.63. The zero-order chi connectivity index (χ0) is 76.3. The quantitative estimate of drug-likeness (QED) is 0.0225. The first-order chi connectivity index (χ1) is 48.8. The number of nitrogens with one attached hydrogen (secondary N) is 11. The van der Waals surface area contributed by atoms with Crippen molar-refractivity contribution in [3.05, 3.63) is 131 Å². The number of rotatable bonds is 38. The number of alkyl carbamates (subject to hydrolysis) is 3. The molecule has 0 saturated heterocycles. The largest absolute Gasteiger partial charge is 0.480 e. The van der Waals surface area contributed by atoms with Gasteiger partial charge in [0.25, 0.3) is 0 Å². The Morgan fingerprint density at radius 1 is 0.505 bits per heavy atom. The van der Waals surface area contributed by atoms with E-state index in [1.807, 2.05) is 53.8 Å². The van der Waals surface area contributed by atoms with Crippen molar-refractivity contribution in [1.29, 1.82) is 0 Å². The number of aliphatic hydroxyl groups is 4. The van der Waals surface area contributed by atoms with E-state index in [1.165, 1.54) is 0 Å². The second kappa shape index (κ2) is 40.4. The fourth-order valence-corrected chi connectivity index (χ4v) is 11.0. The van der Waals surface area contributed by atoms with Gasteiger partial charge in [0.15, 0.2) is 0 Å². The molecule has 4 aromatic rings. The minimum absolute atomic E-state index is 0.0278. The molecule has 0 heterocycles. The molecule has 16 N–H and O–H groups in total. The van der Waals surface area contributed by atoms with E-state index in [-0.39, 0.29) is 56.9 Å². The summed E-state index contributed by atoms with van der Waals surface area (Å²) < 4.78 is 16.9. The predicted octanol–water partition coefficient (Wildman–Crippen LogP) is 1.94. The highest BCUT2D eigenvalue weighted by molar-refractivity contribution is 5.98. The third kappa shape index (κ3) is 26.0. The maximum absolute atomic E-state index is 15.2. The maximum atomic E-state index is 15.2. The van der Waals surface area contributed by atoms with Crippen LogP contribution in [0.1, 0.15) is 129 Å². The topological polar surface area (TPSA) is 466 Å². The molecule has 0 aliphatic heterocycles. The number of hydrogen-bond acceptors (Lipinski definition) is 19. The Morgan fingerprint density at radius 3 is 1.57 bits per heavy atom. The van der Waals surface area contributed by atoms with Crippen LogP contribution in [0.25, 0.3) is 11.1 Å². The number of fused-ring (bicyclic) bond motifs is 3. The summed E-state index contributed by atoms with van der Waals surface area (Å²) >= 11 is 0. The summed E-state index contributed by atoms with van der Waals surface area (Å²) in [5.74, 6) is -12.5. The Morgan fingerprint density at radius 2 is 1.02 bits per heavy atom. The van der Waals surface area contributed by atoms with Gasteiger partial charge in [-0.15, -0.1) is 0 Å². The van der Waals surface area contributed by atoms with Crippen molar-refractivity contribution in [1.82, 2.24) is 58.5 Å². The highest BCUT2D eigenvalue weighted by Crippen LogP contribution is 2.44. The van der Waals surface area contributed by atoms with Crippen LogP contribution in [-0.2, 0) is 64.0 Å². The zero-order valence-electron chi connectivity index (χ0n) is 59.5. The van der Waals surface area contributed by atoms with Crippen molar-refractivity contribution in [2.45, 2.75) is 180 Å². The maximum Gasteiger partial charge on any atom is 0.408 e. The normalized spacial score (nSPS) is 15.3. The van der Waals surface area contributed by atoms with Crippen LogP contribution in [0.3, 0.4) is 0 Å². The lowest BCUT2D eigenvalue weighted by Gasteiger charge is -2.33. The molecule has 1 aliphatic carbocycles. The summed E-state index contributed by atoms with van der Waals surface area (Å²) in [7, 11) is 0. The van der Waals surface area contributed by atoms with Gasteiger partial charge >= 0.3 is 24.2 Å². The standard InChI is InChI=1S/C72H99N11O20/c1-11-41(6)55(65(93)80-56(42(7)86)64(92)74-34-54(87)75-52(35-84)63(91)78-53(36-85)68(96)97)79-61(89)50(31-22-32-73-69(98)101-37-43-23-14-12-15-24-43)76-62(90)51(33-39(2)3)77-67(95)59(60(88)40(4)5)81-66(94)58(57(44-25-16-13-17-26-44)82-71(100)103-72(8,9)10)83-70(99)102-38-49-47-29-20-18-27-45(47)46-28-19-21-30-48(46)49/h12-21,23-30,39-42,49-53,55-60,84-86,88H,11,22,31-38H2,1-10H3,(H,73,98)(H,74,92)(H,75,87)(H,76,90)(H,77,95)(H,78,91)(H,79,89)(H,80,93)(H,81,94)(H,82,100)(H,83,99)(H,96,97)/t41-,42-,50+,51-,52-,53-,55-,56-,57+,58-,59-,60+/m0/s1. The molecule has 31 nitrogen and oxygen atoms in total. The van der Waals surface area contributed by atoms with Gasteiger partial charge in [0.2, 0.25) is 47.3 Å². The molecule has 0 saturated carbocycles. The molecule has 562 valence electrons. The summed E-state index contributed by atoms with van der Waals surface area (Å²) in [5, 5.41) is 77.9. The van der Waals surface area contributed by atoms with E-state index >= 15 is 4.79 Å². The molecule has 12 atom stereocenters. The molecule has 11 amide bonds. The summed E-state index contributed by atoms with van der Waals surface area (Å²) in [5.41, 5.74) is 3.62. The van der Waals surface area contributed by atoms with Crippen LogP contribution in [0.4, 0.5) is 14.4 Å². The van der Waals surface area contributed by atoms with E-state index in [9.17, 15) is 78.3 Å². The number of carboxylic acids is 1. The number of aliphatic hydroxyl groups excluding tert-OH is 4. The van der Waals surface area contributed by atoms with Gasteiger partial charge in [-0.3, -0.25) is 38.4 Å². The van der Waals surface area contributed by atoms with Crippen molar-refractivity contribution in [3.8, 4) is 11.1 Å². The lowest BCUT2D eigenvalue weighted by molar-refractivity contribution is -0.143. The van der Waals surface area contributed by atoms with Crippen LogP contribution >= 0.6 is 0 Å². The molecule has 4 aromatic carbocycles. The molecule has 0 aromatic heterocycles. The van der Waals surface area contributed by atoms with Gasteiger partial charge in [-0.05, 0) is 98.1 Å². The van der Waals surface area contributed by atoms with Crippen molar-refractivity contribution in [2.24, 2.45) is 17.8 Å². The molecular formula is C72H99N11O20. The molecular weight excluding hydrogens is 1340 g/mol. The lowest BCUT2D eigenvalue weighted by atomic mass is 9.95. The Balaban J connectivity index is 1.43. The van der Waals surface area contributed by atoms with Gasteiger partial charge in [0, 0.05) is 12.5 Å². The predicted molar refractivity (Wildman–Crippen MR) is 374 cm³/mol. The average molecular weight is 1440 g/mol. The van der Waals surface area contributed by atoms with Crippen molar-refractivity contribution < 1.29 is 97.3 Å². The third-order valence-electron chi connectivity index (χ3n) is 16.7. The molecule has 103 heavy (non-hydrogen) atoms. The summed E-state index contributed by atoms with van der Waals surface area (Å²) in [6.07, 6.45) is -6.47. The first kappa shape index (κ1) is 83.4. The van der Waals surface area contributed by atoms with E-state index in [4.69, 9.17) is 14.2 Å². The van der Waals surface area contributed by atoms with Crippen LogP contribution in [0.2, 0.25) is 0 Å². The first-order valence-electron chi connectivity index (χ1n) is 34.1. The van der Waals surface area contributed by atoms with Gasteiger partial charge in [0.1, 0.15) is 67.1 Å². The van der Waals surface area contributed by atoms with Gasteiger partial charge < -0.3 is 98.2 Å². The number of hydrogen-bond donors (Lipinski definition) is 16. The van der Waals surface area contributed by atoms with Gasteiger partial charge in [0.05, 0.1) is 38.0 Å². The highest BCUT2D eigenvalue weighted by atomic mass is 16.6. The number of benzene rings is 4. The van der Waals surface area contributed by atoms with E-state index in [0.29, 0.717) is 5.56 Å². The molecule has 31 heteroatoms. The molecule has 5 rings (SSSR count). The fraction of sp³-hybridized carbons (Fsp3) is 0.500. The highest BCUT2D eigenvalue weighted by Gasteiger charge is 2.42. The smallest absolute Gasteiger partial charge is 0.408 e. The van der Waals surface area contributed by atoms with E-state index in [2.05, 4.69) is 53.2 Å². The van der Waals surface area contributed by atoms with E-state index in [0.717, 1.165) is 29.2 Å². The zero-order valence-corrected chi connectivity index (χ0v) is 59.5. The van der Waals surface area contributed by atoms with Crippen LogP contribution in [0.5, 0.6) is 0 Å². The van der Waals surface area contributed by atoms with Gasteiger partial charge in [-0.2, -0.15) is 0 Å². The monoisotopic (exact) mass is 1440 g/mol. The van der Waals surface area contributed by atoms with Crippen molar-refractivity contribution >= 4 is 71.5 Å². The summed E-state index contributed by atoms with van der Waals surface area (Å²) in [4.78, 5) is 165. The first-order valence-corrected chi connectivity index (χ1v) is 34.1. The second-order valence-corrected chi connectivity index (χ2v) is 26.8. The van der Waals surface area contributed by atoms with Gasteiger partial charge in [-0.25, -0.2) is 19.2 Å². The number of amides is 11. The second-order valence-electron chi connectivity index (χ2n) is 26.8. The fourth-order valence-electron chi connectivity index (χ4n) is 11.0. The Hall–Kier alpha value is -10.2. The molecule has 0 radical (unpaired) electrons. The summed E-state index contributed by atoms with van der Waals surface area (Å²) in [6, 6.07) is 17.0. The molecule has 0 fully saturated rings. The molecule has 0 bridgehead atoms. The van der Waals surface area contributed by atoms with Crippen molar-refractivity contribution in [3.63, 3.8) is 0 Å². The van der Waals surface area contributed by atoms with Gasteiger partial charge in [-0.1, -0.05) is 157 Å². The number of carbonyl (C=O) groups is 12. The molecule has 0 unspecified atom stereocenters. The van der Waals surface area contributed by atoms with Crippen LogP contribution in [-0.4, -0.2) is 196 Å². The average Bonchev–Trinajstić information content (AvgIpc) is 1.67. The molecule has 1 aliphatic rings. The molecule has 0 spiro atoms. The number of carbonyl (C=O) groups excluding carboxylic acids is 11. The van der Waals surface area contributed by atoms with Crippen LogP contribution < -0.4 is 58.5 Å². The Bertz CT molecular complexity index is 3490. The minimum Gasteiger partial charge on any atom is -0.480 e. The van der Waals surface area contributed by atoms with E-state index < -0.39 is 181 Å². The number of aliphatic carboxylic acids is 1. The number of ether oxygens (including phenoxy) is 3. The van der Waals surface area contributed by atoms with Crippen LogP contribution in [0, 0.1) is 17.8 Å². The van der Waals surface area contributed by atoms with E-state index in [1.54, 1.807) is 123 Å². The van der Waals surface area contributed by atoms with Crippen molar-refractivity contribution in [2.75, 3.05) is 32.9 Å². The Labute approximate surface area is 597 Å². The number of carboxylic acid groups (broad SMARTS) is 1. The SMILES string of the molecule is CC[C@H](C)[C@H](NC(=O)[C@@H](CCCNC(=O)OCc1ccccc1)NC(=O)[C@H](CC(C)C)NC(=O)[C@@H](NC(=O)[C@@H](NC(=O)OCC1c2ccccc2-c2ccccc21)[C@H](NC(=O)OC(C)(C)C)c1ccccc1)[C@H](O)C(C)C)C(=O)N[C@H](C(=O)NCC(=O)N[C@@H](CO)C(=O)N[C@@H](CO)C(=O)O)[C@H](C)O. The Kier molecular flexibility index (Phi) is 32.7. The van der Waals surface area contributed by atoms with Crippen LogP contribution in [0.15, 0.2) is 109 Å². The summed E-state index contributed by atoms with van der Waals surface area (Å²) in [6.45, 7) is 12.5.